The van der Waals surface area contributed by atoms with Crippen LogP contribution < -0.4 is 10.6 Å². The van der Waals surface area contributed by atoms with Crippen molar-refractivity contribution in [1.82, 2.24) is 10.6 Å². The van der Waals surface area contributed by atoms with Crippen LogP contribution in [0.15, 0.2) is 24.3 Å². The van der Waals surface area contributed by atoms with Crippen LogP contribution in [0.1, 0.15) is 57.7 Å². The van der Waals surface area contributed by atoms with Crippen LogP contribution in [-0.2, 0) is 11.2 Å². The van der Waals surface area contributed by atoms with Gasteiger partial charge in [0.2, 0.25) is 0 Å². The Morgan fingerprint density at radius 1 is 1.36 bits per heavy atom. The lowest BCUT2D eigenvalue weighted by Gasteiger charge is -2.28. The summed E-state index contributed by atoms with van der Waals surface area (Å²) in [5.74, 6) is 0. The maximum atomic E-state index is 11.8. The Balaban J connectivity index is 1.82. The minimum absolute atomic E-state index is 0.0314. The highest BCUT2D eigenvalue weighted by atomic mass is 16.6. The Morgan fingerprint density at radius 3 is 2.82 bits per heavy atom. The van der Waals surface area contributed by atoms with Gasteiger partial charge in [-0.2, -0.15) is 0 Å². The molecule has 0 radical (unpaired) electrons. The molecule has 4 heteroatoms. The summed E-state index contributed by atoms with van der Waals surface area (Å²) in [5, 5.41) is 6.45. The van der Waals surface area contributed by atoms with Crippen LogP contribution in [-0.4, -0.2) is 24.3 Å². The van der Waals surface area contributed by atoms with Gasteiger partial charge in [-0.25, -0.2) is 4.79 Å². The standard InChI is InChI=1S/C18H28N2O2/c1-13(20-17(21)22-18(2,3)4)12-19-16-11-7-9-14-8-5-6-10-15(14)16/h5-6,8,10,13,16,19H,7,9,11-12H2,1-4H3,(H,20,21)/t13-,16+/m1/s1. The van der Waals surface area contributed by atoms with Gasteiger partial charge in [-0.3, -0.25) is 0 Å². The van der Waals surface area contributed by atoms with Crippen molar-refractivity contribution in [1.29, 1.82) is 0 Å². The molecule has 2 atom stereocenters. The molecule has 0 aliphatic heterocycles. The first kappa shape index (κ1) is 16.8. The third kappa shape index (κ3) is 5.02. The summed E-state index contributed by atoms with van der Waals surface area (Å²) < 4.78 is 5.28. The predicted octanol–water partition coefficient (Wildman–Crippen LogP) is 3.57. The molecule has 0 fully saturated rings. The Labute approximate surface area is 133 Å². The summed E-state index contributed by atoms with van der Waals surface area (Å²) in [6, 6.07) is 9.04. The van der Waals surface area contributed by atoms with E-state index in [0.717, 1.165) is 13.0 Å². The monoisotopic (exact) mass is 304 g/mol. The van der Waals surface area contributed by atoms with E-state index < -0.39 is 5.60 Å². The van der Waals surface area contributed by atoms with Gasteiger partial charge in [-0.05, 0) is 58.1 Å². The number of carbonyl (C=O) groups is 1. The van der Waals surface area contributed by atoms with Gasteiger partial charge in [0.15, 0.2) is 0 Å². The molecule has 0 unspecified atom stereocenters. The first-order chi connectivity index (χ1) is 10.3. The molecule has 1 aromatic carbocycles. The quantitative estimate of drug-likeness (QED) is 0.894. The van der Waals surface area contributed by atoms with Gasteiger partial charge < -0.3 is 15.4 Å². The topological polar surface area (TPSA) is 50.4 Å². The molecule has 1 aliphatic carbocycles. The van der Waals surface area contributed by atoms with E-state index in [4.69, 9.17) is 4.74 Å². The van der Waals surface area contributed by atoms with E-state index in [0.29, 0.717) is 6.04 Å². The summed E-state index contributed by atoms with van der Waals surface area (Å²) in [6.45, 7) is 8.33. The Hall–Kier alpha value is -1.55. The molecule has 1 aromatic rings. The van der Waals surface area contributed by atoms with Gasteiger partial charge in [0.25, 0.3) is 0 Å². The number of aryl methyl sites for hydroxylation is 1. The Bertz CT molecular complexity index is 508. The molecular weight excluding hydrogens is 276 g/mol. The number of hydrogen-bond acceptors (Lipinski definition) is 3. The summed E-state index contributed by atoms with van der Waals surface area (Å²) in [6.07, 6.45) is 3.17. The maximum absolute atomic E-state index is 11.8. The zero-order valence-corrected chi connectivity index (χ0v) is 14.1. The van der Waals surface area contributed by atoms with Gasteiger partial charge in [0, 0.05) is 18.6 Å². The van der Waals surface area contributed by atoms with Crippen molar-refractivity contribution in [3.63, 3.8) is 0 Å². The molecule has 0 bridgehead atoms. The molecule has 0 saturated heterocycles. The molecule has 2 N–H and O–H groups in total. The molecular formula is C18H28N2O2. The summed E-state index contributed by atoms with van der Waals surface area (Å²) >= 11 is 0. The number of carbonyl (C=O) groups excluding carboxylic acids is 1. The molecule has 2 rings (SSSR count). The van der Waals surface area contributed by atoms with Crippen LogP contribution in [0.5, 0.6) is 0 Å². The first-order valence-corrected chi connectivity index (χ1v) is 8.16. The van der Waals surface area contributed by atoms with Crippen molar-refractivity contribution in [2.45, 2.75) is 64.6 Å². The van der Waals surface area contributed by atoms with E-state index in [1.807, 2.05) is 27.7 Å². The second-order valence-corrected chi connectivity index (χ2v) is 7.10. The van der Waals surface area contributed by atoms with Gasteiger partial charge in [-0.1, -0.05) is 24.3 Å². The average molecular weight is 304 g/mol. The second-order valence-electron chi connectivity index (χ2n) is 7.10. The van der Waals surface area contributed by atoms with Gasteiger partial charge in [-0.15, -0.1) is 0 Å². The van der Waals surface area contributed by atoms with Crippen molar-refractivity contribution in [2.24, 2.45) is 0 Å². The predicted molar refractivity (Wildman–Crippen MR) is 89.0 cm³/mol. The maximum Gasteiger partial charge on any atom is 0.407 e. The lowest BCUT2D eigenvalue weighted by Crippen LogP contribution is -2.43. The normalized spacial score (nSPS) is 19.2. The van der Waals surface area contributed by atoms with E-state index in [9.17, 15) is 4.79 Å². The third-order valence-corrected chi connectivity index (χ3v) is 3.80. The number of hydrogen-bond donors (Lipinski definition) is 2. The largest absolute Gasteiger partial charge is 0.444 e. The third-order valence-electron chi connectivity index (χ3n) is 3.80. The number of ether oxygens (including phenoxy) is 1. The highest BCUT2D eigenvalue weighted by molar-refractivity contribution is 5.68. The van der Waals surface area contributed by atoms with Crippen LogP contribution in [0.4, 0.5) is 4.79 Å². The number of amides is 1. The van der Waals surface area contributed by atoms with Crippen molar-refractivity contribution >= 4 is 6.09 Å². The summed E-state index contributed by atoms with van der Waals surface area (Å²) in [4.78, 5) is 11.8. The SMILES string of the molecule is C[C@H](CN[C@H]1CCCc2ccccc21)NC(=O)OC(C)(C)C. The number of fused-ring (bicyclic) bond motifs is 1. The van der Waals surface area contributed by atoms with Gasteiger partial charge in [0.1, 0.15) is 5.60 Å². The number of nitrogens with one attached hydrogen (secondary N) is 2. The van der Waals surface area contributed by atoms with Crippen LogP contribution in [0.3, 0.4) is 0 Å². The number of benzene rings is 1. The van der Waals surface area contributed by atoms with E-state index in [-0.39, 0.29) is 12.1 Å². The molecule has 0 spiro atoms. The molecule has 0 saturated carbocycles. The fraction of sp³-hybridized carbons (Fsp3) is 0.611. The van der Waals surface area contributed by atoms with E-state index in [1.54, 1.807) is 0 Å². The van der Waals surface area contributed by atoms with E-state index in [1.165, 1.54) is 24.0 Å². The van der Waals surface area contributed by atoms with Crippen molar-refractivity contribution in [3.05, 3.63) is 35.4 Å². The zero-order chi connectivity index (χ0) is 16.2. The Kier molecular flexibility index (Phi) is 5.46. The molecule has 0 heterocycles. The summed E-state index contributed by atoms with van der Waals surface area (Å²) in [7, 11) is 0. The number of rotatable bonds is 4. The Morgan fingerprint density at radius 2 is 2.09 bits per heavy atom. The average Bonchev–Trinajstić information content (AvgIpc) is 2.43. The van der Waals surface area contributed by atoms with Crippen molar-refractivity contribution in [3.8, 4) is 0 Å². The van der Waals surface area contributed by atoms with Gasteiger partial charge >= 0.3 is 6.09 Å². The van der Waals surface area contributed by atoms with Crippen molar-refractivity contribution < 1.29 is 9.53 Å². The molecule has 1 aliphatic rings. The lowest BCUT2D eigenvalue weighted by molar-refractivity contribution is 0.0507. The van der Waals surface area contributed by atoms with Crippen LogP contribution in [0, 0.1) is 0 Å². The highest BCUT2D eigenvalue weighted by Gasteiger charge is 2.21. The molecule has 1 amide bonds. The summed E-state index contributed by atoms with van der Waals surface area (Å²) in [5.41, 5.74) is 2.39. The minimum atomic E-state index is -0.459. The van der Waals surface area contributed by atoms with Crippen molar-refractivity contribution in [2.75, 3.05) is 6.54 Å². The van der Waals surface area contributed by atoms with Crippen LogP contribution in [0.25, 0.3) is 0 Å². The molecule has 122 valence electrons. The minimum Gasteiger partial charge on any atom is -0.444 e. The molecule has 4 nitrogen and oxygen atoms in total. The zero-order valence-electron chi connectivity index (χ0n) is 14.1. The van der Waals surface area contributed by atoms with Crippen LogP contribution in [0.2, 0.25) is 0 Å². The number of alkyl carbamates (subject to hydrolysis) is 1. The van der Waals surface area contributed by atoms with E-state index in [2.05, 4.69) is 34.9 Å². The second kappa shape index (κ2) is 7.14. The molecule has 22 heavy (non-hydrogen) atoms. The van der Waals surface area contributed by atoms with Gasteiger partial charge in [0.05, 0.1) is 0 Å². The smallest absolute Gasteiger partial charge is 0.407 e. The molecule has 0 aromatic heterocycles. The van der Waals surface area contributed by atoms with E-state index >= 15 is 0 Å². The fourth-order valence-electron chi connectivity index (χ4n) is 2.84. The van der Waals surface area contributed by atoms with Crippen LogP contribution >= 0.6 is 0 Å². The first-order valence-electron chi connectivity index (χ1n) is 8.16. The highest BCUT2D eigenvalue weighted by Crippen LogP contribution is 2.29. The lowest BCUT2D eigenvalue weighted by atomic mass is 9.87. The fourth-order valence-corrected chi connectivity index (χ4v) is 2.84.